The molecule has 1 aromatic carbocycles. The van der Waals surface area contributed by atoms with Gasteiger partial charge in [0.25, 0.3) is 0 Å². The lowest BCUT2D eigenvalue weighted by atomic mass is 10.1. The second-order valence-electron chi connectivity index (χ2n) is 10.2. The first-order chi connectivity index (χ1) is 19.2. The van der Waals surface area contributed by atoms with Crippen LogP contribution in [-0.4, -0.2) is 72.1 Å². The summed E-state index contributed by atoms with van der Waals surface area (Å²) >= 11 is 0. The maximum atomic E-state index is 13.8. The summed E-state index contributed by atoms with van der Waals surface area (Å²) in [5.41, 5.74) is 1.80. The molecule has 2 aromatic rings. The molecule has 4 bridgehead atoms. The number of allylic oxidation sites excluding steroid dienone is 3. The number of hydrogen-bond donors (Lipinski definition) is 1. The fourth-order valence-electron chi connectivity index (χ4n) is 4.91. The molecule has 0 spiro atoms. The molecule has 1 aromatic heterocycles. The number of nitrogens with one attached hydrogen (secondary N) is 1. The first kappa shape index (κ1) is 28.8. The zero-order valence-corrected chi connectivity index (χ0v) is 23.1. The highest BCUT2D eigenvalue weighted by Crippen LogP contribution is 2.30. The number of methoxy groups -OCH3 is 1. The molecule has 1 N–H and O–H groups in total. The standard InChI is InChI=1S/C30H35N3O7/c1-19(2)15-22(34)10-11-25-28(35)33-18-23(17-26(33)29(36)38-3)40-27-24-16-20(8-9-21(24)12-13-31-27)7-5-4-6-14-39-30(37)32-25/h5,7-9,12-13,15-16,23,25-26H,4,6,10-11,14,17-18H2,1-3H3,(H,32,37)/b7-5+/t23-,25+,26+/m1/s1. The van der Waals surface area contributed by atoms with Crippen molar-refractivity contribution in [3.63, 3.8) is 0 Å². The summed E-state index contributed by atoms with van der Waals surface area (Å²) in [4.78, 5) is 57.3. The van der Waals surface area contributed by atoms with E-state index in [1.165, 1.54) is 18.1 Å². The molecule has 10 nitrogen and oxygen atoms in total. The summed E-state index contributed by atoms with van der Waals surface area (Å²) in [5.74, 6) is -0.864. The average Bonchev–Trinajstić information content (AvgIpc) is 3.35. The minimum absolute atomic E-state index is 0.0333. The Morgan fingerprint density at radius 1 is 1.23 bits per heavy atom. The SMILES string of the molecule is COC(=O)[C@@H]1C[C@@H]2CN1C(=O)[C@H](CCC(=O)C=C(C)C)NC(=O)OCCC/C=C/c1ccc3ccnc(c3c1)O2. The minimum atomic E-state index is -1.08. The Balaban J connectivity index is 1.66. The van der Waals surface area contributed by atoms with Crippen LogP contribution < -0.4 is 10.1 Å². The molecule has 2 amide bonds. The molecule has 3 atom stereocenters. The number of ether oxygens (including phenoxy) is 3. The fraction of sp³-hybridized carbons (Fsp3) is 0.433. The lowest BCUT2D eigenvalue weighted by Gasteiger charge is -2.27. The molecule has 212 valence electrons. The van der Waals surface area contributed by atoms with Gasteiger partial charge in [0, 0.05) is 24.4 Å². The number of amides is 2. The Morgan fingerprint density at radius 3 is 2.83 bits per heavy atom. The summed E-state index contributed by atoms with van der Waals surface area (Å²) in [6.07, 6.45) is 7.36. The lowest BCUT2D eigenvalue weighted by Crippen LogP contribution is -2.52. The van der Waals surface area contributed by atoms with Gasteiger partial charge in [-0.1, -0.05) is 29.9 Å². The number of rotatable bonds is 5. The van der Waals surface area contributed by atoms with Crippen LogP contribution in [0.1, 0.15) is 51.5 Å². The van der Waals surface area contributed by atoms with E-state index in [2.05, 4.69) is 10.3 Å². The van der Waals surface area contributed by atoms with Crippen molar-refractivity contribution in [2.24, 2.45) is 0 Å². The van der Waals surface area contributed by atoms with Gasteiger partial charge in [0.05, 0.1) is 20.3 Å². The van der Waals surface area contributed by atoms with Gasteiger partial charge >= 0.3 is 12.1 Å². The topological polar surface area (TPSA) is 124 Å². The molecule has 2 aliphatic heterocycles. The number of cyclic esters (lactones) is 1. The minimum Gasteiger partial charge on any atom is -0.472 e. The molecule has 0 saturated carbocycles. The van der Waals surface area contributed by atoms with Crippen molar-refractivity contribution in [3.8, 4) is 5.88 Å². The molecule has 0 radical (unpaired) electrons. The van der Waals surface area contributed by atoms with Gasteiger partial charge < -0.3 is 24.4 Å². The van der Waals surface area contributed by atoms with E-state index in [0.29, 0.717) is 18.7 Å². The average molecular weight is 550 g/mol. The summed E-state index contributed by atoms with van der Waals surface area (Å²) < 4.78 is 16.6. The molecule has 4 rings (SSSR count). The van der Waals surface area contributed by atoms with Crippen molar-refractivity contribution in [1.82, 2.24) is 15.2 Å². The maximum Gasteiger partial charge on any atom is 0.407 e. The number of nitrogens with zero attached hydrogens (tertiary/aromatic N) is 2. The van der Waals surface area contributed by atoms with Crippen LogP contribution in [0.25, 0.3) is 16.8 Å². The quantitative estimate of drug-likeness (QED) is 0.439. The zero-order chi connectivity index (χ0) is 28.6. The molecule has 0 unspecified atom stereocenters. The third kappa shape index (κ3) is 7.25. The summed E-state index contributed by atoms with van der Waals surface area (Å²) in [6.45, 7) is 3.85. The van der Waals surface area contributed by atoms with E-state index in [-0.39, 0.29) is 38.2 Å². The number of alkyl carbamates (subject to hydrolysis) is 1. The van der Waals surface area contributed by atoms with Gasteiger partial charge in [0.2, 0.25) is 11.8 Å². The van der Waals surface area contributed by atoms with E-state index in [1.54, 1.807) is 20.0 Å². The number of aromatic nitrogens is 1. The van der Waals surface area contributed by atoms with Gasteiger partial charge in [-0.25, -0.2) is 14.6 Å². The van der Waals surface area contributed by atoms with Gasteiger partial charge in [-0.15, -0.1) is 0 Å². The summed E-state index contributed by atoms with van der Waals surface area (Å²) in [6, 6.07) is 5.85. The summed E-state index contributed by atoms with van der Waals surface area (Å²) in [5, 5.41) is 4.38. The van der Waals surface area contributed by atoms with E-state index in [1.807, 2.05) is 36.4 Å². The van der Waals surface area contributed by atoms with Gasteiger partial charge in [-0.2, -0.15) is 0 Å². The number of hydrogen-bond acceptors (Lipinski definition) is 8. The third-order valence-corrected chi connectivity index (χ3v) is 6.83. The van der Waals surface area contributed by atoms with E-state index in [0.717, 1.165) is 21.9 Å². The smallest absolute Gasteiger partial charge is 0.407 e. The van der Waals surface area contributed by atoms with Crippen molar-refractivity contribution in [1.29, 1.82) is 0 Å². The molecule has 0 aliphatic carbocycles. The Bertz CT molecular complexity index is 1330. The first-order valence-corrected chi connectivity index (χ1v) is 13.5. The molecule has 1 saturated heterocycles. The molecule has 10 heteroatoms. The molecular weight excluding hydrogens is 514 g/mol. The van der Waals surface area contributed by atoms with Gasteiger partial charge in [0.1, 0.15) is 18.2 Å². The van der Waals surface area contributed by atoms with Gasteiger partial charge in [0.15, 0.2) is 5.78 Å². The predicted octanol–water partition coefficient (Wildman–Crippen LogP) is 3.97. The third-order valence-electron chi connectivity index (χ3n) is 6.83. The first-order valence-electron chi connectivity index (χ1n) is 13.5. The number of carbonyl (C=O) groups excluding carboxylic acids is 4. The van der Waals surface area contributed by atoms with E-state index in [4.69, 9.17) is 14.2 Å². The Labute approximate surface area is 233 Å². The van der Waals surface area contributed by atoms with Crippen LogP contribution in [0.5, 0.6) is 5.88 Å². The number of pyridine rings is 1. The number of esters is 1. The number of fused-ring (bicyclic) bond motifs is 3. The second-order valence-corrected chi connectivity index (χ2v) is 10.2. The molecular formula is C30H35N3O7. The lowest BCUT2D eigenvalue weighted by molar-refractivity contribution is -0.151. The van der Waals surface area contributed by atoms with Crippen LogP contribution in [0.3, 0.4) is 0 Å². The number of benzene rings is 1. The van der Waals surface area contributed by atoms with Crippen molar-refractivity contribution in [2.45, 2.75) is 64.1 Å². The highest BCUT2D eigenvalue weighted by atomic mass is 16.5. The number of ketones is 1. The van der Waals surface area contributed by atoms with Crippen LogP contribution >= 0.6 is 0 Å². The maximum absolute atomic E-state index is 13.8. The molecule has 40 heavy (non-hydrogen) atoms. The molecule has 2 aliphatic rings. The van der Waals surface area contributed by atoms with E-state index in [9.17, 15) is 19.2 Å². The van der Waals surface area contributed by atoms with Crippen molar-refractivity contribution >= 4 is 40.6 Å². The van der Waals surface area contributed by atoms with Crippen LogP contribution in [0.2, 0.25) is 0 Å². The van der Waals surface area contributed by atoms with E-state index >= 15 is 0 Å². The van der Waals surface area contributed by atoms with Crippen LogP contribution in [0.15, 0.2) is 48.2 Å². The van der Waals surface area contributed by atoms with E-state index < -0.39 is 36.2 Å². The highest BCUT2D eigenvalue weighted by molar-refractivity contribution is 5.93. The second kappa shape index (κ2) is 13.2. The Hall–Kier alpha value is -4.21. The van der Waals surface area contributed by atoms with Crippen molar-refractivity contribution in [2.75, 3.05) is 20.3 Å². The van der Waals surface area contributed by atoms with Crippen molar-refractivity contribution < 1.29 is 33.4 Å². The Kier molecular flexibility index (Phi) is 9.52. The normalized spacial score (nSPS) is 22.4. The zero-order valence-electron chi connectivity index (χ0n) is 23.1. The van der Waals surface area contributed by atoms with Gasteiger partial charge in [-0.05, 0) is 62.3 Å². The van der Waals surface area contributed by atoms with Crippen LogP contribution in [0, 0.1) is 0 Å². The highest BCUT2D eigenvalue weighted by Gasteiger charge is 2.44. The monoisotopic (exact) mass is 549 g/mol. The predicted molar refractivity (Wildman–Crippen MR) is 149 cm³/mol. The van der Waals surface area contributed by atoms with Crippen LogP contribution in [-0.2, 0) is 23.9 Å². The largest absolute Gasteiger partial charge is 0.472 e. The van der Waals surface area contributed by atoms with Crippen LogP contribution in [0.4, 0.5) is 4.79 Å². The summed E-state index contributed by atoms with van der Waals surface area (Å²) in [7, 11) is 1.26. The fourth-order valence-corrected chi connectivity index (χ4v) is 4.91. The van der Waals surface area contributed by atoms with Crippen molar-refractivity contribution in [3.05, 3.63) is 53.8 Å². The Morgan fingerprint density at radius 2 is 2.05 bits per heavy atom. The molecule has 1 fully saturated rings. The number of carbonyl (C=O) groups is 4. The van der Waals surface area contributed by atoms with Gasteiger partial charge in [-0.3, -0.25) is 9.59 Å². The molecule has 3 heterocycles.